The number of hydrogen-bond donors (Lipinski definition) is 1. The van der Waals surface area contributed by atoms with E-state index in [2.05, 4.69) is 12.2 Å². The summed E-state index contributed by atoms with van der Waals surface area (Å²) in [6, 6.07) is 12.6. The van der Waals surface area contributed by atoms with Gasteiger partial charge in [0.15, 0.2) is 0 Å². The third-order valence-corrected chi connectivity index (χ3v) is 4.27. The van der Waals surface area contributed by atoms with E-state index in [1.807, 2.05) is 12.1 Å². The van der Waals surface area contributed by atoms with E-state index in [4.69, 9.17) is 0 Å². The molecule has 1 heterocycles. The Bertz CT molecular complexity index is 741. The molecule has 1 N–H and O–H groups in total. The largest absolute Gasteiger partial charge is 0.340 e. The van der Waals surface area contributed by atoms with Crippen LogP contribution in [0.25, 0.3) is 0 Å². The summed E-state index contributed by atoms with van der Waals surface area (Å²) in [6.07, 6.45) is 1.45. The van der Waals surface area contributed by atoms with E-state index in [-0.39, 0.29) is 17.6 Å². The van der Waals surface area contributed by atoms with E-state index in [0.717, 1.165) is 12.0 Å². The van der Waals surface area contributed by atoms with Crippen LogP contribution < -0.4 is 10.2 Å². The van der Waals surface area contributed by atoms with Gasteiger partial charge in [-0.3, -0.25) is 9.59 Å². The summed E-state index contributed by atoms with van der Waals surface area (Å²) in [4.78, 5) is 26.4. The van der Waals surface area contributed by atoms with Gasteiger partial charge in [0, 0.05) is 17.8 Å². The van der Waals surface area contributed by atoms with Crippen LogP contribution in [0.5, 0.6) is 0 Å². The first-order valence-electron chi connectivity index (χ1n) is 8.05. The Balaban J connectivity index is 1.66. The maximum atomic E-state index is 13.0. The molecule has 0 spiro atoms. The van der Waals surface area contributed by atoms with Crippen molar-refractivity contribution in [2.45, 2.75) is 25.8 Å². The Hall–Kier alpha value is -2.69. The number of anilines is 1. The fraction of sp³-hybridized carbons (Fsp3) is 0.263. The minimum Gasteiger partial charge on any atom is -0.340 e. The van der Waals surface area contributed by atoms with Crippen molar-refractivity contribution in [1.29, 1.82) is 0 Å². The molecular weight excluding hydrogens is 307 g/mol. The second-order valence-electron chi connectivity index (χ2n) is 5.83. The summed E-state index contributed by atoms with van der Waals surface area (Å²) in [5.41, 5.74) is 2.34. The van der Waals surface area contributed by atoms with Gasteiger partial charge in [0.2, 0.25) is 5.91 Å². The van der Waals surface area contributed by atoms with Crippen molar-refractivity contribution < 1.29 is 14.0 Å². The van der Waals surface area contributed by atoms with Crippen molar-refractivity contribution in [2.75, 3.05) is 11.4 Å². The number of carbonyl (C=O) groups is 2. The topological polar surface area (TPSA) is 49.4 Å². The van der Waals surface area contributed by atoms with Crippen LogP contribution >= 0.6 is 0 Å². The Kier molecular flexibility index (Phi) is 4.60. The zero-order chi connectivity index (χ0) is 17.1. The molecule has 0 aromatic heterocycles. The SMILES string of the molecule is CCc1ccc(C(=O)NC2CCN(c3ccc(F)cc3)C2=O)cc1. The first-order chi connectivity index (χ1) is 11.6. The highest BCUT2D eigenvalue weighted by Gasteiger charge is 2.33. The third kappa shape index (κ3) is 3.30. The molecule has 1 fully saturated rings. The van der Waals surface area contributed by atoms with Crippen LogP contribution in [0.3, 0.4) is 0 Å². The van der Waals surface area contributed by atoms with Crippen molar-refractivity contribution in [3.63, 3.8) is 0 Å². The van der Waals surface area contributed by atoms with Crippen molar-refractivity contribution in [3.05, 3.63) is 65.5 Å². The monoisotopic (exact) mass is 326 g/mol. The van der Waals surface area contributed by atoms with Crippen LogP contribution in [-0.2, 0) is 11.2 Å². The first kappa shape index (κ1) is 16.2. The normalized spacial score (nSPS) is 17.2. The second-order valence-corrected chi connectivity index (χ2v) is 5.83. The molecule has 1 aliphatic heterocycles. The summed E-state index contributed by atoms with van der Waals surface area (Å²) < 4.78 is 13.0. The fourth-order valence-corrected chi connectivity index (χ4v) is 2.82. The summed E-state index contributed by atoms with van der Waals surface area (Å²) in [7, 11) is 0. The van der Waals surface area contributed by atoms with Crippen molar-refractivity contribution in [3.8, 4) is 0 Å². The molecule has 1 saturated heterocycles. The lowest BCUT2D eigenvalue weighted by Gasteiger charge is -2.17. The minimum atomic E-state index is -0.548. The molecule has 0 radical (unpaired) electrons. The Morgan fingerprint density at radius 2 is 1.83 bits per heavy atom. The number of halogens is 1. The maximum Gasteiger partial charge on any atom is 0.251 e. The first-order valence-corrected chi connectivity index (χ1v) is 8.05. The zero-order valence-electron chi connectivity index (χ0n) is 13.5. The lowest BCUT2D eigenvalue weighted by atomic mass is 10.1. The number of benzene rings is 2. The van der Waals surface area contributed by atoms with Gasteiger partial charge in [0.25, 0.3) is 5.91 Å². The van der Waals surface area contributed by atoms with Crippen LogP contribution in [0.2, 0.25) is 0 Å². The fourth-order valence-electron chi connectivity index (χ4n) is 2.82. The number of rotatable bonds is 4. The smallest absolute Gasteiger partial charge is 0.251 e. The maximum absolute atomic E-state index is 13.0. The number of amides is 2. The van der Waals surface area contributed by atoms with Crippen LogP contribution in [0.15, 0.2) is 48.5 Å². The molecule has 124 valence electrons. The van der Waals surface area contributed by atoms with Gasteiger partial charge in [0.1, 0.15) is 11.9 Å². The lowest BCUT2D eigenvalue weighted by molar-refractivity contribution is -0.118. The predicted molar refractivity (Wildman–Crippen MR) is 90.4 cm³/mol. The molecule has 1 aliphatic rings. The Morgan fingerprint density at radius 1 is 1.17 bits per heavy atom. The minimum absolute atomic E-state index is 0.167. The van der Waals surface area contributed by atoms with E-state index >= 15 is 0 Å². The average Bonchev–Trinajstić information content (AvgIpc) is 2.96. The van der Waals surface area contributed by atoms with Crippen LogP contribution in [0, 0.1) is 5.82 Å². The number of nitrogens with zero attached hydrogens (tertiary/aromatic N) is 1. The summed E-state index contributed by atoms with van der Waals surface area (Å²) >= 11 is 0. The number of carbonyl (C=O) groups excluding carboxylic acids is 2. The van der Waals surface area contributed by atoms with Gasteiger partial charge in [-0.05, 0) is 54.8 Å². The second kappa shape index (κ2) is 6.83. The van der Waals surface area contributed by atoms with Gasteiger partial charge in [0.05, 0.1) is 0 Å². The zero-order valence-corrected chi connectivity index (χ0v) is 13.5. The van der Waals surface area contributed by atoms with Gasteiger partial charge < -0.3 is 10.2 Å². The van der Waals surface area contributed by atoms with Gasteiger partial charge in [-0.25, -0.2) is 4.39 Å². The summed E-state index contributed by atoms with van der Waals surface area (Å²) in [5, 5.41) is 2.79. The van der Waals surface area contributed by atoms with Crippen LogP contribution in [-0.4, -0.2) is 24.4 Å². The van der Waals surface area contributed by atoms with Crippen molar-refractivity contribution >= 4 is 17.5 Å². The molecule has 5 heteroatoms. The van der Waals surface area contributed by atoms with Crippen LogP contribution in [0.1, 0.15) is 29.3 Å². The molecule has 1 unspecified atom stereocenters. The van der Waals surface area contributed by atoms with Gasteiger partial charge >= 0.3 is 0 Å². The molecule has 0 aliphatic carbocycles. The number of aryl methyl sites for hydroxylation is 1. The summed E-state index contributed by atoms with van der Waals surface area (Å²) in [6.45, 7) is 2.56. The van der Waals surface area contributed by atoms with Crippen LogP contribution in [0.4, 0.5) is 10.1 Å². The van der Waals surface area contributed by atoms with Crippen molar-refractivity contribution in [2.24, 2.45) is 0 Å². The van der Waals surface area contributed by atoms with E-state index in [1.165, 1.54) is 12.1 Å². The summed E-state index contributed by atoms with van der Waals surface area (Å²) in [5.74, 6) is -0.761. The highest BCUT2D eigenvalue weighted by atomic mass is 19.1. The van der Waals surface area contributed by atoms with Gasteiger partial charge in [-0.1, -0.05) is 19.1 Å². The van der Waals surface area contributed by atoms with E-state index in [0.29, 0.717) is 24.2 Å². The molecule has 24 heavy (non-hydrogen) atoms. The Morgan fingerprint density at radius 3 is 2.46 bits per heavy atom. The average molecular weight is 326 g/mol. The van der Waals surface area contributed by atoms with E-state index < -0.39 is 6.04 Å². The molecule has 0 saturated carbocycles. The molecule has 2 aromatic rings. The number of nitrogens with one attached hydrogen (secondary N) is 1. The van der Waals surface area contributed by atoms with E-state index in [1.54, 1.807) is 29.2 Å². The molecular formula is C19H19FN2O2. The standard InChI is InChI=1S/C19H19FN2O2/c1-2-13-3-5-14(6-4-13)18(23)21-17-11-12-22(19(17)24)16-9-7-15(20)8-10-16/h3-10,17H,2,11-12H2,1H3,(H,21,23). The molecule has 1 atom stereocenters. The van der Waals surface area contributed by atoms with Gasteiger partial charge in [-0.15, -0.1) is 0 Å². The molecule has 0 bridgehead atoms. The quantitative estimate of drug-likeness (QED) is 0.939. The van der Waals surface area contributed by atoms with E-state index in [9.17, 15) is 14.0 Å². The molecule has 2 amide bonds. The molecule has 4 nitrogen and oxygen atoms in total. The highest BCUT2D eigenvalue weighted by molar-refractivity contribution is 6.03. The molecule has 3 rings (SSSR count). The lowest BCUT2D eigenvalue weighted by Crippen LogP contribution is -2.41. The molecule has 2 aromatic carbocycles. The number of hydrogen-bond acceptors (Lipinski definition) is 2. The van der Waals surface area contributed by atoms with Crippen molar-refractivity contribution in [1.82, 2.24) is 5.32 Å². The van der Waals surface area contributed by atoms with Gasteiger partial charge in [-0.2, -0.15) is 0 Å². The Labute approximate surface area is 140 Å². The third-order valence-electron chi connectivity index (χ3n) is 4.27. The highest BCUT2D eigenvalue weighted by Crippen LogP contribution is 2.22. The predicted octanol–water partition coefficient (Wildman–Crippen LogP) is 2.92.